The molecule has 1 aromatic carbocycles. The van der Waals surface area contributed by atoms with Crippen LogP contribution in [0.1, 0.15) is 24.5 Å². The monoisotopic (exact) mass is 236 g/mol. The Morgan fingerprint density at radius 2 is 2.12 bits per heavy atom. The maximum atomic E-state index is 11.6. The minimum absolute atomic E-state index is 0.237. The van der Waals surface area contributed by atoms with E-state index in [0.717, 1.165) is 16.8 Å². The van der Waals surface area contributed by atoms with Crippen molar-refractivity contribution in [3.05, 3.63) is 29.3 Å². The number of aliphatic hydroxyl groups excluding tert-OH is 1. The van der Waals surface area contributed by atoms with Gasteiger partial charge in [-0.05, 0) is 44.4 Å². The van der Waals surface area contributed by atoms with Crippen molar-refractivity contribution in [3.8, 4) is 0 Å². The molecule has 0 aliphatic carbocycles. The second-order valence-corrected chi connectivity index (χ2v) is 4.34. The molecule has 0 aromatic heterocycles. The molecule has 0 spiro atoms. The highest BCUT2D eigenvalue weighted by Crippen LogP contribution is 2.15. The number of amides is 2. The second kappa shape index (κ2) is 6.25. The molecule has 1 atom stereocenters. The molecule has 1 aromatic rings. The van der Waals surface area contributed by atoms with Crippen LogP contribution in [0.15, 0.2) is 18.2 Å². The van der Waals surface area contributed by atoms with Gasteiger partial charge in [0.05, 0.1) is 6.10 Å². The number of carbonyl (C=O) groups excluding carboxylic acids is 1. The number of rotatable bonds is 4. The van der Waals surface area contributed by atoms with E-state index in [2.05, 4.69) is 10.6 Å². The third-order valence-corrected chi connectivity index (χ3v) is 2.49. The highest BCUT2D eigenvalue weighted by Gasteiger charge is 2.04. The first kappa shape index (κ1) is 13.5. The molecule has 3 N–H and O–H groups in total. The number of benzene rings is 1. The quantitative estimate of drug-likeness (QED) is 0.750. The van der Waals surface area contributed by atoms with E-state index in [9.17, 15) is 4.79 Å². The topological polar surface area (TPSA) is 61.4 Å². The molecule has 1 rings (SSSR count). The molecule has 2 amide bonds. The molecule has 0 aliphatic rings. The summed E-state index contributed by atoms with van der Waals surface area (Å²) >= 11 is 0. The smallest absolute Gasteiger partial charge is 0.319 e. The normalized spacial score (nSPS) is 12.0. The lowest BCUT2D eigenvalue weighted by atomic mass is 10.1. The van der Waals surface area contributed by atoms with Gasteiger partial charge in [0, 0.05) is 12.2 Å². The van der Waals surface area contributed by atoms with E-state index >= 15 is 0 Å². The zero-order valence-corrected chi connectivity index (χ0v) is 10.6. The molecular formula is C13H20N2O2. The molecule has 0 fully saturated rings. The van der Waals surface area contributed by atoms with Gasteiger partial charge in [-0.25, -0.2) is 4.79 Å². The van der Waals surface area contributed by atoms with Gasteiger partial charge in [0.15, 0.2) is 0 Å². The fourth-order valence-electron chi connectivity index (χ4n) is 1.43. The van der Waals surface area contributed by atoms with Crippen molar-refractivity contribution in [2.75, 3.05) is 11.9 Å². The summed E-state index contributed by atoms with van der Waals surface area (Å²) in [6, 6.07) is 5.68. The second-order valence-electron chi connectivity index (χ2n) is 4.34. The zero-order valence-electron chi connectivity index (χ0n) is 10.6. The Balaban J connectivity index is 2.47. The minimum atomic E-state index is -0.393. The number of hydrogen-bond acceptors (Lipinski definition) is 2. The Morgan fingerprint density at radius 1 is 1.41 bits per heavy atom. The number of carbonyl (C=O) groups is 1. The average molecular weight is 236 g/mol. The summed E-state index contributed by atoms with van der Waals surface area (Å²) in [4.78, 5) is 11.6. The van der Waals surface area contributed by atoms with Gasteiger partial charge in [-0.2, -0.15) is 0 Å². The Hall–Kier alpha value is -1.55. The van der Waals surface area contributed by atoms with E-state index in [0.29, 0.717) is 13.0 Å². The molecule has 0 saturated heterocycles. The first-order chi connectivity index (χ1) is 7.99. The maximum Gasteiger partial charge on any atom is 0.319 e. The number of nitrogens with one attached hydrogen (secondary N) is 2. The summed E-state index contributed by atoms with van der Waals surface area (Å²) in [5.41, 5.74) is 2.95. The largest absolute Gasteiger partial charge is 0.393 e. The zero-order chi connectivity index (χ0) is 12.8. The number of aliphatic hydroxyl groups is 1. The van der Waals surface area contributed by atoms with Crippen molar-refractivity contribution in [1.82, 2.24) is 5.32 Å². The molecule has 94 valence electrons. The SMILES string of the molecule is Cc1ccc(C)c(NC(=O)NCCC(C)O)c1. The van der Waals surface area contributed by atoms with Gasteiger partial charge in [-0.3, -0.25) is 0 Å². The van der Waals surface area contributed by atoms with E-state index in [1.165, 1.54) is 0 Å². The van der Waals surface area contributed by atoms with Crippen LogP contribution in [0.4, 0.5) is 10.5 Å². The van der Waals surface area contributed by atoms with Crippen LogP contribution in [0, 0.1) is 13.8 Å². The first-order valence-electron chi connectivity index (χ1n) is 5.79. The van der Waals surface area contributed by atoms with Crippen molar-refractivity contribution < 1.29 is 9.90 Å². The van der Waals surface area contributed by atoms with Gasteiger partial charge in [0.1, 0.15) is 0 Å². The third kappa shape index (κ3) is 4.87. The molecule has 4 heteroatoms. The molecule has 4 nitrogen and oxygen atoms in total. The first-order valence-corrected chi connectivity index (χ1v) is 5.79. The lowest BCUT2D eigenvalue weighted by molar-refractivity contribution is 0.184. The Bertz CT molecular complexity index is 389. The van der Waals surface area contributed by atoms with Gasteiger partial charge in [-0.15, -0.1) is 0 Å². The van der Waals surface area contributed by atoms with Crippen LogP contribution in [0.2, 0.25) is 0 Å². The lowest BCUT2D eigenvalue weighted by Gasteiger charge is -2.11. The van der Waals surface area contributed by atoms with Crippen LogP contribution in [-0.2, 0) is 0 Å². The average Bonchev–Trinajstić information content (AvgIpc) is 2.23. The summed E-state index contributed by atoms with van der Waals surface area (Å²) in [6.45, 7) is 6.10. The van der Waals surface area contributed by atoms with Crippen LogP contribution in [-0.4, -0.2) is 23.8 Å². The highest BCUT2D eigenvalue weighted by molar-refractivity contribution is 5.90. The van der Waals surface area contributed by atoms with Gasteiger partial charge in [0.2, 0.25) is 0 Å². The number of aryl methyl sites for hydroxylation is 2. The fraction of sp³-hybridized carbons (Fsp3) is 0.462. The van der Waals surface area contributed by atoms with Crippen LogP contribution in [0.25, 0.3) is 0 Å². The van der Waals surface area contributed by atoms with E-state index in [-0.39, 0.29) is 6.03 Å². The molecule has 0 radical (unpaired) electrons. The predicted octanol–water partition coefficient (Wildman–Crippen LogP) is 2.20. The maximum absolute atomic E-state index is 11.6. The standard InChI is InChI=1S/C13H20N2O2/c1-9-4-5-10(2)12(8-9)15-13(17)14-7-6-11(3)16/h4-5,8,11,16H,6-7H2,1-3H3,(H2,14,15,17). The van der Waals surface area contributed by atoms with Crippen molar-refractivity contribution >= 4 is 11.7 Å². The Labute approximate surface area is 102 Å². The predicted molar refractivity (Wildman–Crippen MR) is 69.2 cm³/mol. The summed E-state index contributed by atoms with van der Waals surface area (Å²) in [6.07, 6.45) is 0.163. The van der Waals surface area contributed by atoms with Gasteiger partial charge in [0.25, 0.3) is 0 Å². The molecule has 0 heterocycles. The minimum Gasteiger partial charge on any atom is -0.393 e. The highest BCUT2D eigenvalue weighted by atomic mass is 16.3. The molecule has 0 bridgehead atoms. The summed E-state index contributed by atoms with van der Waals surface area (Å²) in [7, 11) is 0. The fourth-order valence-corrected chi connectivity index (χ4v) is 1.43. The van der Waals surface area contributed by atoms with E-state index < -0.39 is 6.10 Å². The van der Waals surface area contributed by atoms with Crippen molar-refractivity contribution in [1.29, 1.82) is 0 Å². The van der Waals surface area contributed by atoms with Gasteiger partial charge >= 0.3 is 6.03 Å². The third-order valence-electron chi connectivity index (χ3n) is 2.49. The Kier molecular flexibility index (Phi) is 4.97. The molecule has 0 aliphatic heterocycles. The van der Waals surface area contributed by atoms with Crippen LogP contribution in [0.3, 0.4) is 0 Å². The van der Waals surface area contributed by atoms with E-state index in [1.807, 2.05) is 32.0 Å². The van der Waals surface area contributed by atoms with Crippen LogP contribution in [0.5, 0.6) is 0 Å². The number of urea groups is 1. The van der Waals surface area contributed by atoms with Crippen LogP contribution >= 0.6 is 0 Å². The molecule has 0 saturated carbocycles. The Morgan fingerprint density at radius 3 is 2.76 bits per heavy atom. The van der Waals surface area contributed by atoms with Crippen LogP contribution < -0.4 is 10.6 Å². The molecule has 1 unspecified atom stereocenters. The molecule has 17 heavy (non-hydrogen) atoms. The summed E-state index contributed by atoms with van der Waals surface area (Å²) < 4.78 is 0. The number of anilines is 1. The van der Waals surface area contributed by atoms with Crippen molar-refractivity contribution in [2.45, 2.75) is 33.3 Å². The van der Waals surface area contributed by atoms with Crippen molar-refractivity contribution in [3.63, 3.8) is 0 Å². The van der Waals surface area contributed by atoms with Gasteiger partial charge in [-0.1, -0.05) is 12.1 Å². The van der Waals surface area contributed by atoms with Gasteiger partial charge < -0.3 is 15.7 Å². The van der Waals surface area contributed by atoms with E-state index in [4.69, 9.17) is 5.11 Å². The number of hydrogen-bond donors (Lipinski definition) is 3. The summed E-state index contributed by atoms with van der Waals surface area (Å²) in [5.74, 6) is 0. The van der Waals surface area contributed by atoms with E-state index in [1.54, 1.807) is 6.92 Å². The molecular weight excluding hydrogens is 216 g/mol. The summed E-state index contributed by atoms with van der Waals surface area (Å²) in [5, 5.41) is 14.6. The lowest BCUT2D eigenvalue weighted by Crippen LogP contribution is -2.31. The van der Waals surface area contributed by atoms with Crippen molar-refractivity contribution in [2.24, 2.45) is 0 Å².